The van der Waals surface area contributed by atoms with E-state index in [2.05, 4.69) is 26.1 Å². The van der Waals surface area contributed by atoms with Crippen LogP contribution in [0.5, 0.6) is 5.75 Å². The molecule has 0 saturated heterocycles. The number of benzene rings is 1. The molecule has 1 aromatic rings. The highest BCUT2D eigenvalue weighted by molar-refractivity contribution is 5.92. The molecule has 3 nitrogen and oxygen atoms in total. The highest BCUT2D eigenvalue weighted by atomic mass is 19.4. The third-order valence-corrected chi connectivity index (χ3v) is 5.85. The number of methoxy groups -OCH3 is 1. The zero-order valence-corrected chi connectivity index (χ0v) is 18.0. The topological polar surface area (TPSA) is 38.3 Å². The molecule has 6 heteroatoms. The quantitative estimate of drug-likeness (QED) is 0.550. The molecule has 1 heterocycles. The van der Waals surface area contributed by atoms with E-state index < -0.39 is 17.2 Å². The number of halogens is 3. The monoisotopic (exact) mass is 411 g/mol. The Morgan fingerprint density at radius 1 is 1.24 bits per heavy atom. The van der Waals surface area contributed by atoms with Crippen LogP contribution in [0.1, 0.15) is 77.3 Å². The highest BCUT2D eigenvalue weighted by Crippen LogP contribution is 2.42. The molecule has 2 rings (SSSR count). The molecule has 1 aliphatic heterocycles. The van der Waals surface area contributed by atoms with Crippen molar-refractivity contribution in [2.75, 3.05) is 7.11 Å². The van der Waals surface area contributed by atoms with Gasteiger partial charge >= 0.3 is 6.18 Å². The van der Waals surface area contributed by atoms with Gasteiger partial charge in [0, 0.05) is 11.1 Å². The van der Waals surface area contributed by atoms with E-state index in [4.69, 9.17) is 4.74 Å². The first-order chi connectivity index (χ1) is 13.5. The summed E-state index contributed by atoms with van der Waals surface area (Å²) in [4.78, 5) is 13.3. The minimum atomic E-state index is -4.53. The van der Waals surface area contributed by atoms with E-state index in [-0.39, 0.29) is 11.7 Å². The van der Waals surface area contributed by atoms with E-state index in [9.17, 15) is 18.0 Å². The molecule has 0 bridgehead atoms. The number of amides is 1. The Morgan fingerprint density at radius 2 is 1.93 bits per heavy atom. The lowest BCUT2D eigenvalue weighted by Gasteiger charge is -2.32. The zero-order valence-electron chi connectivity index (χ0n) is 18.0. The summed E-state index contributed by atoms with van der Waals surface area (Å²) in [5.74, 6) is 0.192. The largest absolute Gasteiger partial charge is 0.496 e. The first-order valence-electron chi connectivity index (χ1n) is 10.3. The maximum absolute atomic E-state index is 13.5. The van der Waals surface area contributed by atoms with Crippen LogP contribution in [0.25, 0.3) is 5.70 Å². The molecule has 0 aliphatic carbocycles. The molecule has 29 heavy (non-hydrogen) atoms. The van der Waals surface area contributed by atoms with Crippen molar-refractivity contribution in [2.24, 2.45) is 11.3 Å². The molecule has 0 aromatic heterocycles. The van der Waals surface area contributed by atoms with Crippen LogP contribution in [-0.4, -0.2) is 13.0 Å². The van der Waals surface area contributed by atoms with Crippen molar-refractivity contribution in [3.8, 4) is 5.75 Å². The predicted octanol–water partition coefficient (Wildman–Crippen LogP) is 6.58. The van der Waals surface area contributed by atoms with Crippen molar-refractivity contribution in [3.05, 3.63) is 34.9 Å². The van der Waals surface area contributed by atoms with Crippen molar-refractivity contribution in [3.63, 3.8) is 0 Å². The Labute approximate surface area is 171 Å². The molecule has 162 valence electrons. The molecular weight excluding hydrogens is 379 g/mol. The van der Waals surface area contributed by atoms with Crippen LogP contribution in [0.3, 0.4) is 0 Å². The summed E-state index contributed by atoms with van der Waals surface area (Å²) >= 11 is 0. The molecule has 1 atom stereocenters. The van der Waals surface area contributed by atoms with Crippen LogP contribution in [0.2, 0.25) is 0 Å². The second-order valence-corrected chi connectivity index (χ2v) is 8.49. The number of alkyl halides is 3. The minimum Gasteiger partial charge on any atom is -0.496 e. The molecule has 1 amide bonds. The molecule has 0 spiro atoms. The van der Waals surface area contributed by atoms with Gasteiger partial charge in [0.2, 0.25) is 5.91 Å². The lowest BCUT2D eigenvalue weighted by atomic mass is 9.73. The first kappa shape index (κ1) is 23.3. The van der Waals surface area contributed by atoms with Crippen molar-refractivity contribution >= 4 is 11.6 Å². The Hall–Kier alpha value is -1.98. The van der Waals surface area contributed by atoms with Gasteiger partial charge in [-0.15, -0.1) is 0 Å². The van der Waals surface area contributed by atoms with Gasteiger partial charge in [0.15, 0.2) is 0 Å². The average Bonchev–Trinajstić information content (AvgIpc) is 2.77. The summed E-state index contributed by atoms with van der Waals surface area (Å²) in [6.07, 6.45) is 0.275. The number of hydrogen-bond acceptors (Lipinski definition) is 2. The Bertz CT molecular complexity index is 768. The van der Waals surface area contributed by atoms with Gasteiger partial charge in [-0.1, -0.05) is 27.2 Å². The number of rotatable bonds is 7. The highest BCUT2D eigenvalue weighted by Gasteiger charge is 2.40. The van der Waals surface area contributed by atoms with Gasteiger partial charge in [-0.05, 0) is 74.3 Å². The SMILES string of the molecule is CCCC1(CCC(C)C)CCC(C)=C(c2ccc(OC)c(C(F)(F)F)c2)NC1=O. The van der Waals surface area contributed by atoms with E-state index in [1.165, 1.54) is 13.2 Å². The second-order valence-electron chi connectivity index (χ2n) is 8.49. The number of ether oxygens (including phenoxy) is 1. The van der Waals surface area contributed by atoms with Crippen LogP contribution >= 0.6 is 0 Å². The Morgan fingerprint density at radius 3 is 2.48 bits per heavy atom. The normalized spacial score (nSPS) is 20.7. The van der Waals surface area contributed by atoms with Gasteiger partial charge in [-0.3, -0.25) is 4.79 Å². The summed E-state index contributed by atoms with van der Waals surface area (Å²) in [7, 11) is 1.22. The van der Waals surface area contributed by atoms with Crippen molar-refractivity contribution < 1.29 is 22.7 Å². The zero-order chi connectivity index (χ0) is 21.8. The van der Waals surface area contributed by atoms with Crippen LogP contribution in [0, 0.1) is 11.3 Å². The van der Waals surface area contributed by atoms with E-state index in [0.717, 1.165) is 43.7 Å². The third kappa shape index (κ3) is 5.34. The summed E-state index contributed by atoms with van der Waals surface area (Å²) in [6, 6.07) is 3.96. The average molecular weight is 412 g/mol. The number of hydrogen-bond donors (Lipinski definition) is 1. The lowest BCUT2D eigenvalue weighted by molar-refractivity contribution is -0.138. The van der Waals surface area contributed by atoms with Gasteiger partial charge in [0.05, 0.1) is 12.7 Å². The van der Waals surface area contributed by atoms with E-state index in [1.54, 1.807) is 6.07 Å². The summed E-state index contributed by atoms with van der Waals surface area (Å²) < 4.78 is 45.2. The molecule has 1 aromatic carbocycles. The van der Waals surface area contributed by atoms with Crippen molar-refractivity contribution in [2.45, 2.75) is 72.4 Å². The van der Waals surface area contributed by atoms with Gasteiger partial charge in [-0.2, -0.15) is 13.2 Å². The molecule has 1 aliphatic rings. The van der Waals surface area contributed by atoms with Gasteiger partial charge < -0.3 is 10.1 Å². The van der Waals surface area contributed by atoms with Gasteiger partial charge in [-0.25, -0.2) is 0 Å². The summed E-state index contributed by atoms with van der Waals surface area (Å²) in [5, 5.41) is 2.99. The molecular formula is C23H32F3NO2. The third-order valence-electron chi connectivity index (χ3n) is 5.85. The van der Waals surface area contributed by atoms with Crippen LogP contribution in [0.4, 0.5) is 13.2 Å². The lowest BCUT2D eigenvalue weighted by Crippen LogP contribution is -2.39. The number of carbonyl (C=O) groups excluding carboxylic acids is 1. The Kier molecular flexibility index (Phi) is 7.41. The fourth-order valence-electron chi connectivity index (χ4n) is 4.07. The number of carbonyl (C=O) groups is 1. The van der Waals surface area contributed by atoms with Crippen molar-refractivity contribution in [1.29, 1.82) is 0 Å². The Balaban J connectivity index is 2.42. The second kappa shape index (κ2) is 9.23. The van der Waals surface area contributed by atoms with Gasteiger partial charge in [0.1, 0.15) is 5.75 Å². The van der Waals surface area contributed by atoms with Crippen LogP contribution < -0.4 is 10.1 Å². The van der Waals surface area contributed by atoms with E-state index >= 15 is 0 Å². The minimum absolute atomic E-state index is 0.0729. The molecule has 1 N–H and O–H groups in total. The molecule has 0 fully saturated rings. The maximum Gasteiger partial charge on any atom is 0.419 e. The van der Waals surface area contributed by atoms with Crippen LogP contribution in [-0.2, 0) is 11.0 Å². The first-order valence-corrected chi connectivity index (χ1v) is 10.3. The van der Waals surface area contributed by atoms with Gasteiger partial charge in [0.25, 0.3) is 0 Å². The standard InChI is InChI=1S/C23H32F3NO2/c1-6-11-22(12-9-15(2)3)13-10-16(4)20(27-21(22)28)17-7-8-19(29-5)18(14-17)23(24,25)26/h7-8,14-15H,6,9-13H2,1-5H3,(H,27,28). The maximum atomic E-state index is 13.5. The predicted molar refractivity (Wildman–Crippen MR) is 109 cm³/mol. The summed E-state index contributed by atoms with van der Waals surface area (Å²) in [6.45, 7) is 8.23. The van der Waals surface area contributed by atoms with Crippen molar-refractivity contribution in [1.82, 2.24) is 5.32 Å². The number of nitrogens with one attached hydrogen (secondary N) is 1. The fourth-order valence-corrected chi connectivity index (χ4v) is 4.07. The van der Waals surface area contributed by atoms with E-state index in [0.29, 0.717) is 23.6 Å². The fraction of sp³-hybridized carbons (Fsp3) is 0.609. The van der Waals surface area contributed by atoms with Crippen LogP contribution in [0.15, 0.2) is 23.8 Å². The number of allylic oxidation sites excluding steroid dienone is 1. The van der Waals surface area contributed by atoms with E-state index in [1.807, 2.05) is 6.92 Å². The molecule has 0 radical (unpaired) electrons. The summed E-state index contributed by atoms with van der Waals surface area (Å²) in [5.41, 5.74) is 0.447. The molecule has 0 saturated carbocycles. The smallest absolute Gasteiger partial charge is 0.419 e. The molecule has 1 unspecified atom stereocenters.